The molecule has 0 atom stereocenters. The van der Waals surface area contributed by atoms with Crippen LogP contribution in [0.4, 0.5) is 5.69 Å². The number of carbonyl (C=O) groups excluding carboxylic acids is 2. The van der Waals surface area contributed by atoms with Crippen LogP contribution in [0.5, 0.6) is 0 Å². The van der Waals surface area contributed by atoms with Crippen molar-refractivity contribution in [2.45, 2.75) is 13.8 Å². The van der Waals surface area contributed by atoms with E-state index < -0.39 is 10.0 Å². The molecule has 122 valence electrons. The standard InChI is InChI=1S/C14H21N3O4S/c1-10(2)13(18)15-8-9-16-14(19)11-4-6-12(7-5-11)17-22(3,20)21/h4-7,10,17H,8-9H2,1-3H3,(H,15,18)(H,16,19). The number of carbonyl (C=O) groups is 2. The van der Waals surface area contributed by atoms with Crippen molar-refractivity contribution < 1.29 is 18.0 Å². The third-order valence-electron chi connectivity index (χ3n) is 2.68. The number of nitrogens with one attached hydrogen (secondary N) is 3. The van der Waals surface area contributed by atoms with Gasteiger partial charge in [-0.1, -0.05) is 13.8 Å². The van der Waals surface area contributed by atoms with Crippen molar-refractivity contribution in [1.82, 2.24) is 10.6 Å². The van der Waals surface area contributed by atoms with E-state index in [-0.39, 0.29) is 17.7 Å². The average molecular weight is 327 g/mol. The molecule has 2 amide bonds. The molecule has 0 saturated carbocycles. The topological polar surface area (TPSA) is 104 Å². The Morgan fingerprint density at radius 1 is 1.05 bits per heavy atom. The number of anilines is 1. The summed E-state index contributed by atoms with van der Waals surface area (Å²) in [5, 5.41) is 5.36. The molecule has 0 aliphatic carbocycles. The van der Waals surface area contributed by atoms with Crippen LogP contribution in [-0.2, 0) is 14.8 Å². The minimum Gasteiger partial charge on any atom is -0.354 e. The maximum atomic E-state index is 11.9. The zero-order valence-corrected chi connectivity index (χ0v) is 13.7. The fraction of sp³-hybridized carbons (Fsp3) is 0.429. The van der Waals surface area contributed by atoms with E-state index in [9.17, 15) is 18.0 Å². The molecule has 0 radical (unpaired) electrons. The maximum absolute atomic E-state index is 11.9. The lowest BCUT2D eigenvalue weighted by Crippen LogP contribution is -2.36. The van der Waals surface area contributed by atoms with Crippen molar-refractivity contribution in [3.63, 3.8) is 0 Å². The van der Waals surface area contributed by atoms with Crippen LogP contribution in [0.3, 0.4) is 0 Å². The number of amides is 2. The molecule has 1 aromatic rings. The van der Waals surface area contributed by atoms with Gasteiger partial charge in [0.2, 0.25) is 15.9 Å². The molecule has 0 unspecified atom stereocenters. The Hall–Kier alpha value is -2.09. The Morgan fingerprint density at radius 2 is 1.59 bits per heavy atom. The zero-order valence-electron chi connectivity index (χ0n) is 12.8. The lowest BCUT2D eigenvalue weighted by atomic mass is 10.2. The number of sulfonamides is 1. The van der Waals surface area contributed by atoms with Crippen molar-refractivity contribution in [1.29, 1.82) is 0 Å². The Kier molecular flexibility index (Phi) is 6.36. The third-order valence-corrected chi connectivity index (χ3v) is 3.29. The number of hydrogen-bond acceptors (Lipinski definition) is 4. The molecule has 0 saturated heterocycles. The minimum atomic E-state index is -3.33. The predicted octanol–water partition coefficient (Wildman–Crippen LogP) is 0.560. The molecule has 3 N–H and O–H groups in total. The van der Waals surface area contributed by atoms with Crippen LogP contribution in [0.1, 0.15) is 24.2 Å². The highest BCUT2D eigenvalue weighted by Crippen LogP contribution is 2.10. The summed E-state index contributed by atoms with van der Waals surface area (Å²) < 4.78 is 24.5. The van der Waals surface area contributed by atoms with Gasteiger partial charge in [0.05, 0.1) is 6.26 Å². The second-order valence-corrected chi connectivity index (χ2v) is 6.90. The van der Waals surface area contributed by atoms with E-state index in [0.717, 1.165) is 6.26 Å². The number of hydrogen-bond donors (Lipinski definition) is 3. The molecule has 0 aliphatic rings. The van der Waals surface area contributed by atoms with E-state index in [0.29, 0.717) is 24.3 Å². The van der Waals surface area contributed by atoms with Gasteiger partial charge in [-0.05, 0) is 24.3 Å². The van der Waals surface area contributed by atoms with Gasteiger partial charge in [-0.15, -0.1) is 0 Å². The van der Waals surface area contributed by atoms with E-state index in [4.69, 9.17) is 0 Å². The van der Waals surface area contributed by atoms with Gasteiger partial charge in [0.1, 0.15) is 0 Å². The highest BCUT2D eigenvalue weighted by molar-refractivity contribution is 7.92. The summed E-state index contributed by atoms with van der Waals surface area (Å²) in [5.74, 6) is -0.444. The lowest BCUT2D eigenvalue weighted by Gasteiger charge is -2.09. The van der Waals surface area contributed by atoms with E-state index in [1.165, 1.54) is 24.3 Å². The minimum absolute atomic E-state index is 0.0644. The maximum Gasteiger partial charge on any atom is 0.251 e. The molecule has 0 fully saturated rings. The van der Waals surface area contributed by atoms with Crippen molar-refractivity contribution in [2.75, 3.05) is 24.1 Å². The van der Waals surface area contributed by atoms with Gasteiger partial charge in [0, 0.05) is 30.3 Å². The largest absolute Gasteiger partial charge is 0.354 e. The van der Waals surface area contributed by atoms with Gasteiger partial charge in [0.25, 0.3) is 5.91 Å². The van der Waals surface area contributed by atoms with Crippen molar-refractivity contribution >= 4 is 27.5 Å². The number of benzene rings is 1. The molecular weight excluding hydrogens is 306 g/mol. The van der Waals surface area contributed by atoms with Crippen molar-refractivity contribution in [2.24, 2.45) is 5.92 Å². The summed E-state index contributed by atoms with van der Waals surface area (Å²) in [4.78, 5) is 23.2. The smallest absolute Gasteiger partial charge is 0.251 e. The summed E-state index contributed by atoms with van der Waals surface area (Å²) in [6.07, 6.45) is 1.05. The normalized spacial score (nSPS) is 11.1. The van der Waals surface area contributed by atoms with Gasteiger partial charge in [-0.3, -0.25) is 14.3 Å². The highest BCUT2D eigenvalue weighted by Gasteiger charge is 2.08. The van der Waals surface area contributed by atoms with Gasteiger partial charge >= 0.3 is 0 Å². The summed E-state index contributed by atoms with van der Waals surface area (Å²) in [5.41, 5.74) is 0.803. The van der Waals surface area contributed by atoms with Crippen LogP contribution in [0.15, 0.2) is 24.3 Å². The second kappa shape index (κ2) is 7.79. The SMILES string of the molecule is CC(C)C(=O)NCCNC(=O)c1ccc(NS(C)(=O)=O)cc1. The van der Waals surface area contributed by atoms with Crippen LogP contribution in [0.2, 0.25) is 0 Å². The average Bonchev–Trinajstić information content (AvgIpc) is 2.42. The first-order valence-corrected chi connectivity index (χ1v) is 8.72. The van der Waals surface area contributed by atoms with Crippen LogP contribution in [0.25, 0.3) is 0 Å². The fourth-order valence-corrected chi connectivity index (χ4v) is 2.14. The number of rotatable bonds is 7. The predicted molar refractivity (Wildman–Crippen MR) is 85.1 cm³/mol. The first-order valence-electron chi connectivity index (χ1n) is 6.83. The molecule has 0 spiro atoms. The van der Waals surface area contributed by atoms with E-state index in [1.54, 1.807) is 13.8 Å². The lowest BCUT2D eigenvalue weighted by molar-refractivity contribution is -0.123. The molecule has 8 heteroatoms. The van der Waals surface area contributed by atoms with Gasteiger partial charge in [-0.2, -0.15) is 0 Å². The molecule has 0 aliphatic heterocycles. The zero-order chi connectivity index (χ0) is 16.8. The summed E-state index contributed by atoms with van der Waals surface area (Å²) >= 11 is 0. The summed E-state index contributed by atoms with van der Waals surface area (Å²) in [7, 11) is -3.33. The Balaban J connectivity index is 2.44. The van der Waals surface area contributed by atoms with Crippen LogP contribution >= 0.6 is 0 Å². The van der Waals surface area contributed by atoms with Gasteiger partial charge < -0.3 is 10.6 Å². The Labute approximate surface area is 130 Å². The first kappa shape index (κ1) is 18.0. The van der Waals surface area contributed by atoms with Gasteiger partial charge in [0.15, 0.2) is 0 Å². The summed E-state index contributed by atoms with van der Waals surface area (Å²) in [6, 6.07) is 6.07. The molecule has 1 rings (SSSR count). The second-order valence-electron chi connectivity index (χ2n) is 5.15. The van der Waals surface area contributed by atoms with E-state index >= 15 is 0 Å². The van der Waals surface area contributed by atoms with E-state index in [1.807, 2.05) is 0 Å². The van der Waals surface area contributed by atoms with Crippen molar-refractivity contribution in [3.05, 3.63) is 29.8 Å². The van der Waals surface area contributed by atoms with Gasteiger partial charge in [-0.25, -0.2) is 8.42 Å². The fourth-order valence-electron chi connectivity index (χ4n) is 1.57. The molecule has 0 aromatic heterocycles. The summed E-state index contributed by atoms with van der Waals surface area (Å²) in [6.45, 7) is 4.26. The van der Waals surface area contributed by atoms with Crippen molar-refractivity contribution in [3.8, 4) is 0 Å². The molecule has 0 bridgehead atoms. The molecular formula is C14H21N3O4S. The van der Waals surface area contributed by atoms with Crippen LogP contribution in [-0.4, -0.2) is 39.6 Å². The highest BCUT2D eigenvalue weighted by atomic mass is 32.2. The quantitative estimate of drug-likeness (QED) is 0.636. The van der Waals surface area contributed by atoms with Crippen LogP contribution in [0, 0.1) is 5.92 Å². The molecule has 22 heavy (non-hydrogen) atoms. The first-order chi connectivity index (χ1) is 10.2. The molecule has 0 heterocycles. The van der Waals surface area contributed by atoms with Crippen LogP contribution < -0.4 is 15.4 Å². The third kappa shape index (κ3) is 6.57. The Bertz CT molecular complexity index is 624. The monoisotopic (exact) mass is 327 g/mol. The Morgan fingerprint density at radius 3 is 2.09 bits per heavy atom. The molecule has 1 aromatic carbocycles. The van der Waals surface area contributed by atoms with E-state index in [2.05, 4.69) is 15.4 Å². The molecule has 7 nitrogen and oxygen atoms in total.